The van der Waals surface area contributed by atoms with Gasteiger partial charge in [-0.2, -0.15) is 4.57 Å². The molecule has 65 heavy (non-hydrogen) atoms. The van der Waals surface area contributed by atoms with Gasteiger partial charge in [-0.1, -0.05) is 50.1 Å². The molecule has 0 atom stereocenters. The second-order valence-corrected chi connectivity index (χ2v) is 13.8. The van der Waals surface area contributed by atoms with Crippen LogP contribution in [-0.4, -0.2) is 16.9 Å². The number of aromatic nitrogens is 2. The Kier molecular flexibility index (Phi) is 14.7. The SMILES string of the molecule is CCCCCc1c[n+](CC(=O)c2ccccc2)ccn1.Fc1c(F)c(F)c([B-](c2c(F)c(F)c(F)c(F)c2F)(c2c(F)c(F)c(F)c(F)c2F)c2c(F)c(F)c(F)c(F)c2F)c(F)c1F. The standard InChI is InChI=1S/C24BF20.C17H21N2O/c26-5-1(6(27)14(35)21(42)13(5)34)25(2-7(28)15(36)22(43)16(37)8(2)29,3-9(30)17(38)23(44)18(39)10(3)31)4-11(32)19(40)24(45)20(41)12(4)33;1-2-3-5-10-16-13-19(12-11-18-16)14-17(20)15-8-6-4-7-9-15/h;4,6-9,11-13H,2-3,5,10,14H2,1H3/q-1;+1. The molecule has 1 aromatic heterocycles. The third-order valence-corrected chi connectivity index (χ3v) is 9.98. The molecule has 0 N–H and O–H groups in total. The molecule has 6 rings (SSSR count). The van der Waals surface area contributed by atoms with E-state index in [-0.39, 0.29) is 5.78 Å². The average Bonchev–Trinajstić information content (AvgIpc) is 3.29. The van der Waals surface area contributed by atoms with Crippen molar-refractivity contribution in [2.24, 2.45) is 0 Å². The summed E-state index contributed by atoms with van der Waals surface area (Å²) in [4.78, 5) is 16.5. The monoisotopic (exact) mass is 948 g/mol. The molecule has 0 aliphatic rings. The van der Waals surface area contributed by atoms with Gasteiger partial charge in [0.25, 0.3) is 0 Å². The summed E-state index contributed by atoms with van der Waals surface area (Å²) in [6, 6.07) is 9.40. The predicted octanol–water partition coefficient (Wildman–Crippen LogP) is 8.83. The minimum absolute atomic E-state index is 0.126. The number of carbonyl (C=O) groups excluding carboxylic acids is 1. The van der Waals surface area contributed by atoms with Crippen LogP contribution < -0.4 is 26.4 Å². The second-order valence-electron chi connectivity index (χ2n) is 13.8. The Morgan fingerprint density at radius 3 is 1.08 bits per heavy atom. The zero-order valence-electron chi connectivity index (χ0n) is 32.1. The number of unbranched alkanes of at least 4 members (excludes halogenated alkanes) is 2. The van der Waals surface area contributed by atoms with E-state index in [0.29, 0.717) is 6.54 Å². The predicted molar refractivity (Wildman–Crippen MR) is 188 cm³/mol. The van der Waals surface area contributed by atoms with Crippen LogP contribution in [0.1, 0.15) is 42.2 Å². The lowest BCUT2D eigenvalue weighted by atomic mass is 9.12. The van der Waals surface area contributed by atoms with E-state index in [2.05, 4.69) is 11.9 Å². The lowest BCUT2D eigenvalue weighted by Gasteiger charge is -2.44. The molecule has 0 amide bonds. The summed E-state index contributed by atoms with van der Waals surface area (Å²) in [6.45, 7) is 2.56. The van der Waals surface area contributed by atoms with Crippen molar-refractivity contribution in [1.29, 1.82) is 0 Å². The number of aryl methyl sites for hydroxylation is 1. The Labute approximate surface area is 351 Å². The van der Waals surface area contributed by atoms with Crippen LogP contribution in [0.15, 0.2) is 48.9 Å². The van der Waals surface area contributed by atoms with Crippen LogP contribution in [0.4, 0.5) is 87.8 Å². The molecule has 0 radical (unpaired) electrons. The van der Waals surface area contributed by atoms with E-state index >= 15 is 35.1 Å². The van der Waals surface area contributed by atoms with Gasteiger partial charge in [0, 0.05) is 5.56 Å². The third-order valence-electron chi connectivity index (χ3n) is 9.98. The van der Waals surface area contributed by atoms with Gasteiger partial charge in [-0.3, -0.25) is 4.79 Å². The van der Waals surface area contributed by atoms with Gasteiger partial charge in [-0.05, 0) is 12.8 Å². The number of nitrogens with zero attached hydrogens (tertiary/aromatic N) is 2. The highest BCUT2D eigenvalue weighted by molar-refractivity contribution is 7.20. The summed E-state index contributed by atoms with van der Waals surface area (Å²) < 4.78 is 296. The van der Waals surface area contributed by atoms with E-state index in [1.807, 2.05) is 47.3 Å². The van der Waals surface area contributed by atoms with Gasteiger partial charge in [-0.25, -0.2) is 92.8 Å². The number of hydrogen-bond acceptors (Lipinski definition) is 2. The molecule has 344 valence electrons. The Morgan fingerprint density at radius 2 is 0.769 bits per heavy atom. The first-order valence-electron chi connectivity index (χ1n) is 18.1. The van der Waals surface area contributed by atoms with Crippen molar-refractivity contribution in [3.05, 3.63) is 177 Å². The van der Waals surface area contributed by atoms with E-state index in [9.17, 15) is 57.5 Å². The highest BCUT2D eigenvalue weighted by Gasteiger charge is 2.52. The maximum absolute atomic E-state index is 15.4. The number of halogens is 20. The van der Waals surface area contributed by atoms with Gasteiger partial charge in [0.15, 0.2) is 82.2 Å². The minimum Gasteiger partial charge on any atom is -0.287 e. The summed E-state index contributed by atoms with van der Waals surface area (Å²) >= 11 is 0. The fraction of sp³-hybridized carbons (Fsp3) is 0.146. The number of hydrogen-bond donors (Lipinski definition) is 0. The average molecular weight is 948 g/mol. The third kappa shape index (κ3) is 8.49. The minimum atomic E-state index is -7.22. The Bertz CT molecular complexity index is 2460. The molecule has 5 aromatic carbocycles. The number of Topliss-reactive ketones (excluding diaryl/α,β-unsaturated/α-hetero) is 1. The number of carbonyl (C=O) groups is 1. The van der Waals surface area contributed by atoms with Crippen LogP contribution >= 0.6 is 0 Å². The molecule has 1 heterocycles. The summed E-state index contributed by atoms with van der Waals surface area (Å²) in [5, 5.41) is 0. The second kappa shape index (κ2) is 19.3. The van der Waals surface area contributed by atoms with Gasteiger partial charge in [-0.15, -0.1) is 21.9 Å². The zero-order valence-corrected chi connectivity index (χ0v) is 32.1. The smallest absolute Gasteiger partial charge is 0.227 e. The van der Waals surface area contributed by atoms with E-state index in [1.165, 1.54) is 12.8 Å². The Morgan fingerprint density at radius 1 is 0.462 bits per heavy atom. The lowest BCUT2D eigenvalue weighted by molar-refractivity contribution is -0.684. The van der Waals surface area contributed by atoms with Crippen LogP contribution in [0, 0.1) is 116 Å². The maximum Gasteiger partial charge on any atom is 0.227 e. The fourth-order valence-electron chi connectivity index (χ4n) is 7.02. The summed E-state index contributed by atoms with van der Waals surface area (Å²) in [6.07, 6.45) is 2.96. The van der Waals surface area contributed by atoms with Crippen LogP contribution in [0.25, 0.3) is 0 Å². The van der Waals surface area contributed by atoms with Gasteiger partial charge in [0.2, 0.25) is 12.3 Å². The van der Waals surface area contributed by atoms with Gasteiger partial charge < -0.3 is 0 Å². The molecular weight excluding hydrogens is 927 g/mol. The summed E-state index contributed by atoms with van der Waals surface area (Å²) in [5.41, 5.74) is -12.5. The number of rotatable bonds is 11. The van der Waals surface area contributed by atoms with E-state index in [0.717, 1.165) is 24.1 Å². The molecule has 6 aromatic rings. The van der Waals surface area contributed by atoms with Gasteiger partial charge in [0.05, 0.1) is 6.20 Å². The Balaban J connectivity index is 0.000000330. The normalized spacial score (nSPS) is 11.5. The lowest BCUT2D eigenvalue weighted by Crippen LogP contribution is -2.81. The highest BCUT2D eigenvalue weighted by atomic mass is 19.2. The van der Waals surface area contributed by atoms with Crippen molar-refractivity contribution in [1.82, 2.24) is 4.98 Å². The molecule has 3 nitrogen and oxygen atoms in total. The molecule has 0 aliphatic heterocycles. The Hall–Kier alpha value is -6.49. The van der Waals surface area contributed by atoms with Crippen molar-refractivity contribution in [2.45, 2.75) is 39.2 Å². The summed E-state index contributed by atoms with van der Waals surface area (Å²) in [5.74, 6) is -71.3. The van der Waals surface area contributed by atoms with Crippen LogP contribution in [0.2, 0.25) is 0 Å². The molecule has 0 saturated heterocycles. The van der Waals surface area contributed by atoms with Gasteiger partial charge >= 0.3 is 0 Å². The quantitative estimate of drug-likeness (QED) is 0.0248. The van der Waals surface area contributed by atoms with Gasteiger partial charge in [0.1, 0.15) is 58.4 Å². The van der Waals surface area contributed by atoms with E-state index < -0.39 is 144 Å². The van der Waals surface area contributed by atoms with Crippen molar-refractivity contribution in [2.75, 3.05) is 0 Å². The molecule has 0 unspecified atom stereocenters. The van der Waals surface area contributed by atoms with Crippen LogP contribution in [0.3, 0.4) is 0 Å². The van der Waals surface area contributed by atoms with Crippen molar-refractivity contribution in [3.63, 3.8) is 0 Å². The molecule has 0 fully saturated rings. The molecule has 24 heteroatoms. The van der Waals surface area contributed by atoms with Crippen LogP contribution in [0.5, 0.6) is 0 Å². The number of ketones is 1. The fourth-order valence-corrected chi connectivity index (χ4v) is 7.02. The van der Waals surface area contributed by atoms with Crippen LogP contribution in [-0.2, 0) is 13.0 Å². The van der Waals surface area contributed by atoms with E-state index in [4.69, 9.17) is 0 Å². The molecule has 0 bridgehead atoms. The highest BCUT2D eigenvalue weighted by Crippen LogP contribution is 2.30. The first-order valence-corrected chi connectivity index (χ1v) is 18.1. The summed E-state index contributed by atoms with van der Waals surface area (Å²) in [7, 11) is 0. The van der Waals surface area contributed by atoms with Crippen molar-refractivity contribution >= 4 is 33.8 Å². The molecule has 0 aliphatic carbocycles. The largest absolute Gasteiger partial charge is 0.287 e. The molecular formula is C41H21BF20N2O. The molecule has 0 saturated carbocycles. The molecule has 0 spiro atoms. The van der Waals surface area contributed by atoms with Crippen molar-refractivity contribution < 1.29 is 97.2 Å². The zero-order chi connectivity index (χ0) is 48.6. The maximum atomic E-state index is 15.4. The first kappa shape index (κ1) is 49.5. The number of benzene rings is 5. The first-order chi connectivity index (χ1) is 30.5. The topological polar surface area (TPSA) is 33.8 Å². The van der Waals surface area contributed by atoms with E-state index in [1.54, 1.807) is 6.20 Å². The van der Waals surface area contributed by atoms with Crippen molar-refractivity contribution in [3.8, 4) is 0 Å².